The second kappa shape index (κ2) is 4.49. The highest BCUT2D eigenvalue weighted by molar-refractivity contribution is 4.89. The molecule has 4 N–H and O–H groups in total. The molecule has 0 aliphatic rings. The monoisotopic (exact) mass is 131 g/mol. The molecule has 54 valence electrons. The molecule has 0 aliphatic heterocycles. The van der Waals surface area contributed by atoms with E-state index < -0.39 is 12.2 Å². The Morgan fingerprint density at radius 3 is 2.44 bits per heavy atom. The van der Waals surface area contributed by atoms with Gasteiger partial charge >= 0.3 is 0 Å². The van der Waals surface area contributed by atoms with Crippen molar-refractivity contribution in [3.63, 3.8) is 0 Å². The standard InChI is InChI=1S/C6H13NO2/c1-2-3-5(8)6(9)4-7/h2-3,5-6,8-9H,4,7H2,1H3/b3-2+. The van der Waals surface area contributed by atoms with E-state index >= 15 is 0 Å². The summed E-state index contributed by atoms with van der Waals surface area (Å²) in [7, 11) is 0. The molecule has 0 bridgehead atoms. The predicted octanol–water partition coefficient (Wildman–Crippen LogP) is -0.757. The first-order valence-corrected chi connectivity index (χ1v) is 2.91. The average molecular weight is 131 g/mol. The Kier molecular flexibility index (Phi) is 4.30. The van der Waals surface area contributed by atoms with Gasteiger partial charge in [-0.15, -0.1) is 0 Å². The molecule has 0 aromatic rings. The first kappa shape index (κ1) is 8.62. The number of allylic oxidation sites excluding steroid dienone is 1. The largest absolute Gasteiger partial charge is 0.389 e. The van der Waals surface area contributed by atoms with Crippen molar-refractivity contribution in [2.45, 2.75) is 19.1 Å². The Morgan fingerprint density at radius 1 is 1.56 bits per heavy atom. The first-order chi connectivity index (χ1) is 4.22. The first-order valence-electron chi connectivity index (χ1n) is 2.91. The van der Waals surface area contributed by atoms with Crippen LogP contribution in [0.15, 0.2) is 12.2 Å². The van der Waals surface area contributed by atoms with Crippen LogP contribution in [0.3, 0.4) is 0 Å². The van der Waals surface area contributed by atoms with Gasteiger partial charge in [0.15, 0.2) is 0 Å². The Labute approximate surface area is 54.8 Å². The molecule has 0 aromatic carbocycles. The van der Waals surface area contributed by atoms with Crippen LogP contribution >= 0.6 is 0 Å². The molecule has 3 nitrogen and oxygen atoms in total. The summed E-state index contributed by atoms with van der Waals surface area (Å²) in [5.41, 5.74) is 5.06. The fourth-order valence-electron chi connectivity index (χ4n) is 0.465. The highest BCUT2D eigenvalue weighted by Gasteiger charge is 2.08. The van der Waals surface area contributed by atoms with Crippen molar-refractivity contribution in [3.05, 3.63) is 12.2 Å². The van der Waals surface area contributed by atoms with Gasteiger partial charge in [0, 0.05) is 6.54 Å². The minimum absolute atomic E-state index is 0.0888. The highest BCUT2D eigenvalue weighted by atomic mass is 16.3. The van der Waals surface area contributed by atoms with Crippen molar-refractivity contribution in [2.24, 2.45) is 5.73 Å². The van der Waals surface area contributed by atoms with Gasteiger partial charge in [-0.05, 0) is 6.92 Å². The maximum atomic E-state index is 8.90. The zero-order valence-corrected chi connectivity index (χ0v) is 5.49. The molecule has 2 unspecified atom stereocenters. The van der Waals surface area contributed by atoms with E-state index in [1.54, 1.807) is 13.0 Å². The van der Waals surface area contributed by atoms with Crippen molar-refractivity contribution in [2.75, 3.05) is 6.54 Å². The van der Waals surface area contributed by atoms with E-state index in [1.807, 2.05) is 0 Å². The Bertz CT molecular complexity index is 93.1. The Balaban J connectivity index is 3.58. The summed E-state index contributed by atoms with van der Waals surface area (Å²) < 4.78 is 0. The van der Waals surface area contributed by atoms with E-state index in [2.05, 4.69) is 0 Å². The van der Waals surface area contributed by atoms with Gasteiger partial charge in [0.05, 0.1) is 12.2 Å². The molecule has 0 aliphatic carbocycles. The van der Waals surface area contributed by atoms with Crippen molar-refractivity contribution in [3.8, 4) is 0 Å². The third kappa shape index (κ3) is 3.24. The lowest BCUT2D eigenvalue weighted by Gasteiger charge is -2.10. The maximum absolute atomic E-state index is 8.90. The topological polar surface area (TPSA) is 66.5 Å². The molecular weight excluding hydrogens is 118 g/mol. The van der Waals surface area contributed by atoms with Gasteiger partial charge < -0.3 is 15.9 Å². The van der Waals surface area contributed by atoms with Crippen LogP contribution in [-0.4, -0.2) is 29.0 Å². The quantitative estimate of drug-likeness (QED) is 0.441. The fraction of sp³-hybridized carbons (Fsp3) is 0.667. The van der Waals surface area contributed by atoms with E-state index in [-0.39, 0.29) is 6.54 Å². The van der Waals surface area contributed by atoms with E-state index in [0.29, 0.717) is 0 Å². The molecule has 2 atom stereocenters. The summed E-state index contributed by atoms with van der Waals surface area (Å²) in [5.74, 6) is 0. The molecule has 0 amide bonds. The molecule has 3 heteroatoms. The van der Waals surface area contributed by atoms with Gasteiger partial charge in [-0.3, -0.25) is 0 Å². The summed E-state index contributed by atoms with van der Waals surface area (Å²) in [6, 6.07) is 0. The Hall–Kier alpha value is -0.380. The second-order valence-electron chi connectivity index (χ2n) is 1.82. The molecule has 0 heterocycles. The van der Waals surface area contributed by atoms with Crippen molar-refractivity contribution in [1.82, 2.24) is 0 Å². The summed E-state index contributed by atoms with van der Waals surface area (Å²) in [4.78, 5) is 0. The molecule has 0 aromatic heterocycles. The normalized spacial score (nSPS) is 18.2. The van der Waals surface area contributed by atoms with Crippen LogP contribution in [0.1, 0.15) is 6.92 Å². The highest BCUT2D eigenvalue weighted by Crippen LogP contribution is 1.91. The number of aliphatic hydroxyl groups is 2. The van der Waals surface area contributed by atoms with E-state index in [4.69, 9.17) is 15.9 Å². The van der Waals surface area contributed by atoms with Gasteiger partial charge in [-0.2, -0.15) is 0 Å². The molecule has 0 radical (unpaired) electrons. The smallest absolute Gasteiger partial charge is 0.0992 e. The number of nitrogens with two attached hydrogens (primary N) is 1. The van der Waals surface area contributed by atoms with Crippen molar-refractivity contribution >= 4 is 0 Å². The lowest BCUT2D eigenvalue weighted by molar-refractivity contribution is 0.0549. The zero-order chi connectivity index (χ0) is 7.28. The fourth-order valence-corrected chi connectivity index (χ4v) is 0.465. The predicted molar refractivity (Wildman–Crippen MR) is 35.9 cm³/mol. The van der Waals surface area contributed by atoms with Crippen LogP contribution in [-0.2, 0) is 0 Å². The summed E-state index contributed by atoms with van der Waals surface area (Å²) in [6.45, 7) is 1.86. The van der Waals surface area contributed by atoms with E-state index in [1.165, 1.54) is 6.08 Å². The van der Waals surface area contributed by atoms with Crippen molar-refractivity contribution in [1.29, 1.82) is 0 Å². The zero-order valence-electron chi connectivity index (χ0n) is 5.49. The lowest BCUT2D eigenvalue weighted by Crippen LogP contribution is -2.31. The number of rotatable bonds is 3. The lowest BCUT2D eigenvalue weighted by atomic mass is 10.2. The average Bonchev–Trinajstić information content (AvgIpc) is 1.87. The molecule has 0 fully saturated rings. The molecule has 0 rings (SSSR count). The number of aliphatic hydroxyl groups excluding tert-OH is 2. The minimum atomic E-state index is -0.832. The summed E-state index contributed by atoms with van der Waals surface area (Å²) in [5, 5.41) is 17.7. The summed E-state index contributed by atoms with van der Waals surface area (Å²) in [6.07, 6.45) is 1.52. The second-order valence-corrected chi connectivity index (χ2v) is 1.82. The Morgan fingerprint density at radius 2 is 2.11 bits per heavy atom. The third-order valence-electron chi connectivity index (χ3n) is 1.03. The van der Waals surface area contributed by atoms with Crippen LogP contribution in [0.2, 0.25) is 0 Å². The third-order valence-corrected chi connectivity index (χ3v) is 1.03. The molecule has 9 heavy (non-hydrogen) atoms. The SMILES string of the molecule is C/C=C/C(O)C(O)CN. The van der Waals surface area contributed by atoms with Crippen LogP contribution in [0, 0.1) is 0 Å². The van der Waals surface area contributed by atoms with Gasteiger partial charge in [-0.1, -0.05) is 12.2 Å². The van der Waals surface area contributed by atoms with Crippen LogP contribution in [0.5, 0.6) is 0 Å². The van der Waals surface area contributed by atoms with Crippen LogP contribution in [0.25, 0.3) is 0 Å². The van der Waals surface area contributed by atoms with E-state index in [9.17, 15) is 0 Å². The minimum Gasteiger partial charge on any atom is -0.389 e. The molecule has 0 saturated carbocycles. The molecular formula is C6H13NO2. The number of hydrogen-bond acceptors (Lipinski definition) is 3. The van der Waals surface area contributed by atoms with E-state index in [0.717, 1.165) is 0 Å². The van der Waals surface area contributed by atoms with Gasteiger partial charge in [-0.25, -0.2) is 0 Å². The van der Waals surface area contributed by atoms with Crippen LogP contribution < -0.4 is 5.73 Å². The summed E-state index contributed by atoms with van der Waals surface area (Å²) >= 11 is 0. The maximum Gasteiger partial charge on any atom is 0.0992 e. The van der Waals surface area contributed by atoms with Gasteiger partial charge in [0.2, 0.25) is 0 Å². The number of hydrogen-bond donors (Lipinski definition) is 3. The van der Waals surface area contributed by atoms with Crippen LogP contribution in [0.4, 0.5) is 0 Å². The van der Waals surface area contributed by atoms with Gasteiger partial charge in [0.1, 0.15) is 0 Å². The van der Waals surface area contributed by atoms with Crippen molar-refractivity contribution < 1.29 is 10.2 Å². The molecule has 0 saturated heterocycles. The molecule has 0 spiro atoms. The van der Waals surface area contributed by atoms with Gasteiger partial charge in [0.25, 0.3) is 0 Å².